The van der Waals surface area contributed by atoms with Crippen LogP contribution in [0.5, 0.6) is 0 Å². The normalized spacial score (nSPS) is 12.5. The lowest BCUT2D eigenvalue weighted by Crippen LogP contribution is -2.18. The van der Waals surface area contributed by atoms with Crippen molar-refractivity contribution in [1.82, 2.24) is 0 Å². The van der Waals surface area contributed by atoms with Crippen LogP contribution in [0.2, 0.25) is 0 Å². The van der Waals surface area contributed by atoms with E-state index in [0.717, 1.165) is 22.7 Å². The zero-order valence-corrected chi connectivity index (χ0v) is 9.65. The molecule has 0 amide bonds. The maximum atomic E-state index is 10.9. The Labute approximate surface area is 102 Å². The number of furan rings is 1. The van der Waals surface area contributed by atoms with Crippen LogP contribution < -0.4 is 0 Å². The number of carbonyl (C=O) groups is 2. The molecule has 0 saturated heterocycles. The van der Waals surface area contributed by atoms with E-state index in [1.165, 1.54) is 0 Å². The van der Waals surface area contributed by atoms with Gasteiger partial charge in [-0.1, -0.05) is 30.0 Å². The minimum absolute atomic E-state index is 0.202. The molecule has 5 heteroatoms. The second kappa shape index (κ2) is 5.05. The molecular formula is C12H10O4S. The summed E-state index contributed by atoms with van der Waals surface area (Å²) < 4.78 is 5.50. The fourth-order valence-corrected chi connectivity index (χ4v) is 2.09. The van der Waals surface area contributed by atoms with Crippen molar-refractivity contribution in [3.05, 3.63) is 36.1 Å². The molecule has 0 bridgehead atoms. The Bertz CT molecular complexity index is 513. The van der Waals surface area contributed by atoms with Crippen LogP contribution in [-0.2, 0) is 16.0 Å². The topological polar surface area (TPSA) is 67.5 Å². The molecule has 1 aromatic heterocycles. The quantitative estimate of drug-likeness (QED) is 0.825. The Morgan fingerprint density at radius 2 is 2.24 bits per heavy atom. The monoisotopic (exact) mass is 250 g/mol. The molecule has 88 valence electrons. The van der Waals surface area contributed by atoms with Crippen molar-refractivity contribution in [3.63, 3.8) is 0 Å². The van der Waals surface area contributed by atoms with Crippen molar-refractivity contribution in [2.75, 3.05) is 0 Å². The Morgan fingerprint density at radius 1 is 1.47 bits per heavy atom. The summed E-state index contributed by atoms with van der Waals surface area (Å²) in [5.74, 6) is -0.435. The largest absolute Gasteiger partial charge is 0.480 e. The molecule has 0 unspecified atom stereocenters. The van der Waals surface area contributed by atoms with Crippen LogP contribution in [-0.4, -0.2) is 21.9 Å². The highest BCUT2D eigenvalue weighted by Crippen LogP contribution is 2.22. The van der Waals surface area contributed by atoms with Crippen LogP contribution in [0, 0.1) is 0 Å². The highest BCUT2D eigenvalue weighted by atomic mass is 32.2. The average Bonchev–Trinajstić information content (AvgIpc) is 2.70. The van der Waals surface area contributed by atoms with E-state index in [1.807, 2.05) is 24.3 Å². The molecule has 0 aliphatic carbocycles. The molecule has 1 atom stereocenters. The van der Waals surface area contributed by atoms with Crippen LogP contribution in [0.15, 0.2) is 34.7 Å². The lowest BCUT2D eigenvalue weighted by molar-refractivity contribution is -0.136. The number of carbonyl (C=O) groups excluding carboxylic acids is 1. The Morgan fingerprint density at radius 3 is 2.88 bits per heavy atom. The third-order valence-electron chi connectivity index (χ3n) is 2.36. The number of thioether (sulfide) groups is 1. The summed E-state index contributed by atoms with van der Waals surface area (Å²) in [6, 6.07) is 9.25. The first-order valence-electron chi connectivity index (χ1n) is 5.00. The molecule has 0 aliphatic heterocycles. The number of carboxylic acids is 1. The maximum Gasteiger partial charge on any atom is 0.317 e. The smallest absolute Gasteiger partial charge is 0.317 e. The summed E-state index contributed by atoms with van der Waals surface area (Å²) in [6.07, 6.45) is 0.202. The van der Waals surface area contributed by atoms with Gasteiger partial charge in [0.2, 0.25) is 0 Å². The molecule has 1 heterocycles. The molecule has 17 heavy (non-hydrogen) atoms. The first-order chi connectivity index (χ1) is 8.20. The Balaban J connectivity index is 2.21. The van der Waals surface area contributed by atoms with Gasteiger partial charge in [-0.2, -0.15) is 0 Å². The minimum atomic E-state index is -1.01. The molecule has 4 nitrogen and oxygen atoms in total. The van der Waals surface area contributed by atoms with E-state index in [2.05, 4.69) is 0 Å². The third kappa shape index (κ3) is 2.68. The van der Waals surface area contributed by atoms with Crippen molar-refractivity contribution in [2.24, 2.45) is 0 Å². The number of para-hydroxylation sites is 1. The standard InChI is InChI=1S/C12H10O4S/c13-7-17-11(12(14)15)6-9-5-8-3-1-2-4-10(8)16-9/h1-5,7,11H,6H2,(H,14,15)/t11-/m0/s1. The van der Waals surface area contributed by atoms with Crippen LogP contribution in [0.1, 0.15) is 5.76 Å². The van der Waals surface area contributed by atoms with Crippen LogP contribution in [0.4, 0.5) is 0 Å². The predicted molar refractivity (Wildman–Crippen MR) is 65.7 cm³/mol. The average molecular weight is 250 g/mol. The van der Waals surface area contributed by atoms with Gasteiger partial charge in [-0.15, -0.1) is 0 Å². The number of aliphatic carboxylic acids is 1. The summed E-state index contributed by atoms with van der Waals surface area (Å²) in [5.41, 5.74) is 1.27. The van der Waals surface area contributed by atoms with Crippen molar-refractivity contribution >= 4 is 34.3 Å². The van der Waals surface area contributed by atoms with Gasteiger partial charge in [-0.3, -0.25) is 9.59 Å². The molecule has 0 spiro atoms. The molecule has 2 rings (SSSR count). The second-order valence-electron chi connectivity index (χ2n) is 3.51. The molecule has 1 N–H and O–H groups in total. The van der Waals surface area contributed by atoms with E-state index in [4.69, 9.17) is 9.52 Å². The lowest BCUT2D eigenvalue weighted by Gasteiger charge is -2.04. The number of hydrogen-bond acceptors (Lipinski definition) is 4. The highest BCUT2D eigenvalue weighted by Gasteiger charge is 2.20. The first kappa shape index (κ1) is 11.7. The van der Waals surface area contributed by atoms with Crippen LogP contribution >= 0.6 is 11.8 Å². The molecule has 0 saturated carbocycles. The summed E-state index contributed by atoms with van der Waals surface area (Å²) in [6.45, 7) is 0. The second-order valence-corrected chi connectivity index (χ2v) is 4.55. The van der Waals surface area contributed by atoms with Crippen molar-refractivity contribution < 1.29 is 19.1 Å². The predicted octanol–water partition coefficient (Wildman–Crippen LogP) is 2.35. The van der Waals surface area contributed by atoms with Crippen LogP contribution in [0.25, 0.3) is 11.0 Å². The van der Waals surface area contributed by atoms with E-state index in [1.54, 1.807) is 6.07 Å². The Hall–Kier alpha value is -1.75. The SMILES string of the molecule is O=CS[C@@H](Cc1cc2ccccc2o1)C(=O)O. The number of hydrogen-bond donors (Lipinski definition) is 1. The van der Waals surface area contributed by atoms with E-state index in [0.29, 0.717) is 11.4 Å². The van der Waals surface area contributed by atoms with E-state index in [9.17, 15) is 9.59 Å². The van der Waals surface area contributed by atoms with Gasteiger partial charge in [0.25, 0.3) is 0 Å². The molecule has 2 aromatic rings. The number of fused-ring (bicyclic) bond motifs is 1. The fraction of sp³-hybridized carbons (Fsp3) is 0.167. The van der Waals surface area contributed by atoms with E-state index >= 15 is 0 Å². The molecule has 1 aromatic carbocycles. The first-order valence-corrected chi connectivity index (χ1v) is 5.94. The zero-order valence-electron chi connectivity index (χ0n) is 8.83. The Kier molecular flexibility index (Phi) is 3.49. The van der Waals surface area contributed by atoms with Crippen LogP contribution in [0.3, 0.4) is 0 Å². The van der Waals surface area contributed by atoms with Crippen molar-refractivity contribution in [2.45, 2.75) is 11.7 Å². The van der Waals surface area contributed by atoms with E-state index in [-0.39, 0.29) is 6.42 Å². The summed E-state index contributed by atoms with van der Waals surface area (Å²) in [4.78, 5) is 21.2. The molecule has 0 fully saturated rings. The summed E-state index contributed by atoms with van der Waals surface area (Å²) in [7, 11) is 0. The van der Waals surface area contributed by atoms with Crippen molar-refractivity contribution in [3.8, 4) is 0 Å². The lowest BCUT2D eigenvalue weighted by atomic mass is 10.2. The van der Waals surface area contributed by atoms with Crippen molar-refractivity contribution in [1.29, 1.82) is 0 Å². The molecule has 0 aliphatic rings. The summed E-state index contributed by atoms with van der Waals surface area (Å²) >= 11 is 0.749. The van der Waals surface area contributed by atoms with E-state index < -0.39 is 11.2 Å². The van der Waals surface area contributed by atoms with Gasteiger partial charge >= 0.3 is 5.97 Å². The number of benzene rings is 1. The van der Waals surface area contributed by atoms with Gasteiger partial charge in [0, 0.05) is 11.8 Å². The third-order valence-corrected chi connectivity index (χ3v) is 3.17. The van der Waals surface area contributed by atoms with Gasteiger partial charge in [-0.25, -0.2) is 0 Å². The number of rotatable bonds is 5. The van der Waals surface area contributed by atoms with Gasteiger partial charge in [0.1, 0.15) is 16.6 Å². The number of carboxylic acid groups (broad SMARTS) is 1. The summed E-state index contributed by atoms with van der Waals surface area (Å²) in [5, 5.41) is 9.05. The minimum Gasteiger partial charge on any atom is -0.480 e. The van der Waals surface area contributed by atoms with Gasteiger partial charge in [0.05, 0.1) is 0 Å². The molecular weight excluding hydrogens is 240 g/mol. The van der Waals surface area contributed by atoms with Gasteiger partial charge in [-0.05, 0) is 12.1 Å². The van der Waals surface area contributed by atoms with Gasteiger partial charge in [0.15, 0.2) is 5.62 Å². The zero-order chi connectivity index (χ0) is 12.3. The highest BCUT2D eigenvalue weighted by molar-refractivity contribution is 8.12. The van der Waals surface area contributed by atoms with Gasteiger partial charge < -0.3 is 9.52 Å². The maximum absolute atomic E-state index is 10.9. The molecule has 0 radical (unpaired) electrons. The fourth-order valence-electron chi connectivity index (χ4n) is 1.58.